The van der Waals surface area contributed by atoms with Crippen LogP contribution < -0.4 is 15.4 Å². The van der Waals surface area contributed by atoms with Crippen molar-refractivity contribution in [1.82, 2.24) is 10.2 Å². The highest BCUT2D eigenvalue weighted by Gasteiger charge is 2.18. The predicted molar refractivity (Wildman–Crippen MR) is 139 cm³/mol. The van der Waals surface area contributed by atoms with Gasteiger partial charge in [-0.25, -0.2) is 0 Å². The number of rotatable bonds is 16. The summed E-state index contributed by atoms with van der Waals surface area (Å²) in [6.07, 6.45) is 8.33. The Morgan fingerprint density at radius 1 is 0.829 bits per heavy atom. The van der Waals surface area contributed by atoms with E-state index in [1.807, 2.05) is 30.3 Å². The molecule has 2 aromatic carbocycles. The second-order valence-electron chi connectivity index (χ2n) is 8.66. The van der Waals surface area contributed by atoms with Gasteiger partial charge in [-0.1, -0.05) is 75.8 Å². The van der Waals surface area contributed by atoms with Crippen LogP contribution in [0.4, 0.5) is 5.69 Å². The van der Waals surface area contributed by atoms with Gasteiger partial charge in [0.2, 0.25) is 17.7 Å². The number of carbonyl (C=O) groups is 3. The molecule has 0 atom stereocenters. The van der Waals surface area contributed by atoms with E-state index < -0.39 is 0 Å². The number of unbranched alkanes of at least 4 members (excludes halogenated alkanes) is 6. The molecule has 0 bridgehead atoms. The van der Waals surface area contributed by atoms with Crippen LogP contribution in [0.15, 0.2) is 54.6 Å². The Labute approximate surface area is 209 Å². The van der Waals surface area contributed by atoms with Crippen molar-refractivity contribution < 1.29 is 19.1 Å². The Morgan fingerprint density at radius 3 is 2.14 bits per heavy atom. The van der Waals surface area contributed by atoms with Gasteiger partial charge in [0.1, 0.15) is 5.75 Å². The van der Waals surface area contributed by atoms with Crippen LogP contribution in [0.1, 0.15) is 63.9 Å². The molecule has 0 aliphatic rings. The highest BCUT2D eigenvalue weighted by atomic mass is 16.5. The Bertz CT molecular complexity index is 900. The van der Waals surface area contributed by atoms with Crippen LogP contribution in [0.3, 0.4) is 0 Å². The summed E-state index contributed by atoms with van der Waals surface area (Å²) < 4.78 is 5.10. The topological polar surface area (TPSA) is 87.7 Å². The normalized spacial score (nSPS) is 10.5. The van der Waals surface area contributed by atoms with Crippen molar-refractivity contribution in [3.63, 3.8) is 0 Å². The van der Waals surface area contributed by atoms with Crippen LogP contribution in [0.5, 0.6) is 5.75 Å². The summed E-state index contributed by atoms with van der Waals surface area (Å²) >= 11 is 0. The van der Waals surface area contributed by atoms with Crippen molar-refractivity contribution in [3.05, 3.63) is 60.2 Å². The van der Waals surface area contributed by atoms with E-state index in [1.54, 1.807) is 36.3 Å². The number of ether oxygens (including phenoxy) is 1. The Kier molecular flexibility index (Phi) is 13.0. The van der Waals surface area contributed by atoms with E-state index in [1.165, 1.54) is 25.7 Å². The molecule has 190 valence electrons. The van der Waals surface area contributed by atoms with Crippen LogP contribution in [-0.2, 0) is 20.9 Å². The number of hydrogen-bond donors (Lipinski definition) is 2. The van der Waals surface area contributed by atoms with E-state index in [9.17, 15) is 14.4 Å². The van der Waals surface area contributed by atoms with Gasteiger partial charge in [0.25, 0.3) is 0 Å². The first kappa shape index (κ1) is 27.9. The van der Waals surface area contributed by atoms with Gasteiger partial charge in [-0.3, -0.25) is 14.4 Å². The van der Waals surface area contributed by atoms with Gasteiger partial charge in [-0.2, -0.15) is 0 Å². The van der Waals surface area contributed by atoms with E-state index in [2.05, 4.69) is 17.6 Å². The van der Waals surface area contributed by atoms with Gasteiger partial charge in [-0.05, 0) is 36.2 Å². The third kappa shape index (κ3) is 11.6. The molecule has 0 heterocycles. The number of benzene rings is 2. The summed E-state index contributed by atoms with van der Waals surface area (Å²) in [6, 6.07) is 16.6. The number of anilines is 1. The summed E-state index contributed by atoms with van der Waals surface area (Å²) in [5.41, 5.74) is 1.58. The third-order valence-corrected chi connectivity index (χ3v) is 5.72. The second-order valence-corrected chi connectivity index (χ2v) is 8.66. The maximum absolute atomic E-state index is 12.9. The molecule has 7 nitrogen and oxygen atoms in total. The van der Waals surface area contributed by atoms with Crippen LogP contribution >= 0.6 is 0 Å². The van der Waals surface area contributed by atoms with Crippen molar-refractivity contribution in [3.8, 4) is 5.75 Å². The molecule has 0 unspecified atom stereocenters. The molecule has 35 heavy (non-hydrogen) atoms. The first-order chi connectivity index (χ1) is 17.0. The van der Waals surface area contributed by atoms with Crippen LogP contribution in [0.2, 0.25) is 0 Å². The molecule has 0 fully saturated rings. The molecule has 0 saturated heterocycles. The summed E-state index contributed by atoms with van der Waals surface area (Å²) in [5, 5.41) is 5.35. The van der Waals surface area contributed by atoms with E-state index in [0.717, 1.165) is 24.8 Å². The molecule has 0 spiro atoms. The maximum atomic E-state index is 12.9. The zero-order valence-electron chi connectivity index (χ0n) is 21.1. The number of hydrogen-bond acceptors (Lipinski definition) is 4. The SMILES string of the molecule is CCCCCCCCCC(=O)N(CC(=O)NCC(=O)Nc1ccc(OC)cc1)Cc1ccccc1. The highest BCUT2D eigenvalue weighted by Crippen LogP contribution is 2.15. The van der Waals surface area contributed by atoms with Crippen molar-refractivity contribution >= 4 is 23.4 Å². The largest absolute Gasteiger partial charge is 0.497 e. The van der Waals surface area contributed by atoms with Gasteiger partial charge >= 0.3 is 0 Å². The van der Waals surface area contributed by atoms with Crippen LogP contribution in [-0.4, -0.2) is 42.8 Å². The van der Waals surface area contributed by atoms with Crippen LogP contribution in [0, 0.1) is 0 Å². The summed E-state index contributed by atoms with van der Waals surface area (Å²) in [4.78, 5) is 39.3. The zero-order valence-corrected chi connectivity index (χ0v) is 21.1. The lowest BCUT2D eigenvalue weighted by Gasteiger charge is -2.22. The van der Waals surface area contributed by atoms with Crippen molar-refractivity contribution in [2.45, 2.75) is 64.8 Å². The summed E-state index contributed by atoms with van der Waals surface area (Å²) in [7, 11) is 1.57. The second kappa shape index (κ2) is 16.3. The van der Waals surface area contributed by atoms with Crippen molar-refractivity contribution in [2.24, 2.45) is 0 Å². The van der Waals surface area contributed by atoms with Gasteiger partial charge in [0.05, 0.1) is 20.2 Å². The molecular formula is C28H39N3O4. The van der Waals surface area contributed by atoms with Crippen molar-refractivity contribution in [2.75, 3.05) is 25.5 Å². The standard InChI is InChI=1S/C28H39N3O4/c1-3-4-5-6-7-8-12-15-28(34)31(21-23-13-10-9-11-14-23)22-27(33)29-20-26(32)30-24-16-18-25(35-2)19-17-24/h9-11,13-14,16-19H,3-8,12,15,20-22H2,1-2H3,(H,29,33)(H,30,32). The third-order valence-electron chi connectivity index (χ3n) is 5.72. The van der Waals surface area contributed by atoms with Gasteiger partial charge in [-0.15, -0.1) is 0 Å². The first-order valence-electron chi connectivity index (χ1n) is 12.5. The fourth-order valence-electron chi connectivity index (χ4n) is 3.72. The molecule has 0 aromatic heterocycles. The molecule has 0 aliphatic carbocycles. The smallest absolute Gasteiger partial charge is 0.243 e. The number of carbonyl (C=O) groups excluding carboxylic acids is 3. The molecule has 2 N–H and O–H groups in total. The number of nitrogens with one attached hydrogen (secondary N) is 2. The van der Waals surface area contributed by atoms with Crippen LogP contribution in [0.25, 0.3) is 0 Å². The van der Waals surface area contributed by atoms with Gasteiger partial charge < -0.3 is 20.3 Å². The van der Waals surface area contributed by atoms with E-state index >= 15 is 0 Å². The molecule has 0 saturated carbocycles. The fourth-order valence-corrected chi connectivity index (χ4v) is 3.72. The number of amides is 3. The Hall–Kier alpha value is -3.35. The lowest BCUT2D eigenvalue weighted by atomic mass is 10.1. The van der Waals surface area contributed by atoms with E-state index in [4.69, 9.17) is 4.74 Å². The monoisotopic (exact) mass is 481 g/mol. The number of methoxy groups -OCH3 is 1. The molecular weight excluding hydrogens is 442 g/mol. The highest BCUT2D eigenvalue weighted by molar-refractivity contribution is 5.95. The molecule has 2 rings (SSSR count). The van der Waals surface area contributed by atoms with Crippen molar-refractivity contribution in [1.29, 1.82) is 0 Å². The molecule has 3 amide bonds. The zero-order chi connectivity index (χ0) is 25.3. The lowest BCUT2D eigenvalue weighted by molar-refractivity contribution is -0.137. The predicted octanol–water partition coefficient (Wildman–Crippen LogP) is 4.92. The minimum absolute atomic E-state index is 0.0414. The quantitative estimate of drug-likeness (QED) is 0.333. The average Bonchev–Trinajstić information content (AvgIpc) is 2.87. The first-order valence-corrected chi connectivity index (χ1v) is 12.5. The Morgan fingerprint density at radius 2 is 1.49 bits per heavy atom. The minimum Gasteiger partial charge on any atom is -0.497 e. The molecule has 0 radical (unpaired) electrons. The summed E-state index contributed by atoms with van der Waals surface area (Å²) in [5.74, 6) is -0.0533. The molecule has 0 aliphatic heterocycles. The molecule has 7 heteroatoms. The molecule has 2 aromatic rings. The maximum Gasteiger partial charge on any atom is 0.243 e. The fraction of sp³-hybridized carbons (Fsp3) is 0.464. The minimum atomic E-state index is -0.362. The van der Waals surface area contributed by atoms with E-state index in [0.29, 0.717) is 24.4 Å². The number of nitrogens with zero attached hydrogens (tertiary/aromatic N) is 1. The van der Waals surface area contributed by atoms with E-state index in [-0.39, 0.29) is 30.8 Å². The van der Waals surface area contributed by atoms with Gasteiger partial charge in [0.15, 0.2) is 0 Å². The lowest BCUT2D eigenvalue weighted by Crippen LogP contribution is -2.42. The van der Waals surface area contributed by atoms with Gasteiger partial charge in [0, 0.05) is 18.7 Å². The summed E-state index contributed by atoms with van der Waals surface area (Å²) in [6.45, 7) is 2.31. The average molecular weight is 482 g/mol. The Balaban J connectivity index is 1.82.